The largest absolute Gasteiger partial charge is 0.411 e. The summed E-state index contributed by atoms with van der Waals surface area (Å²) in [4.78, 5) is 11.9. The summed E-state index contributed by atoms with van der Waals surface area (Å²) in [5, 5.41) is 11.7. The molecule has 1 N–H and O–H groups in total. The van der Waals surface area contributed by atoms with Crippen LogP contribution in [0.2, 0.25) is 5.02 Å². The number of rotatable bonds is 6. The quantitative estimate of drug-likeness (QED) is 0.678. The number of hydrogen-bond acceptors (Lipinski definition) is 5. The smallest absolute Gasteiger partial charge is 0.277 e. The van der Waals surface area contributed by atoms with Crippen LogP contribution in [0.1, 0.15) is 5.56 Å². The molecule has 0 saturated carbocycles. The monoisotopic (exact) mass is 359 g/mol. The normalized spacial score (nSPS) is 10.5. The molecular weight excluding hydrogens is 346 g/mol. The van der Waals surface area contributed by atoms with Crippen LogP contribution < -0.4 is 5.32 Å². The van der Waals surface area contributed by atoms with E-state index in [1.165, 1.54) is 11.8 Å². The Hall–Kier alpha value is -2.31. The maximum absolute atomic E-state index is 11.9. The van der Waals surface area contributed by atoms with Gasteiger partial charge in [-0.2, -0.15) is 0 Å². The van der Waals surface area contributed by atoms with E-state index in [1.807, 2.05) is 42.5 Å². The summed E-state index contributed by atoms with van der Waals surface area (Å²) < 4.78 is 5.54. The van der Waals surface area contributed by atoms with Crippen LogP contribution in [-0.4, -0.2) is 21.9 Å². The first kappa shape index (κ1) is 16.5. The van der Waals surface area contributed by atoms with Crippen LogP contribution in [0.4, 0.5) is 0 Å². The zero-order valence-corrected chi connectivity index (χ0v) is 14.2. The Bertz CT molecular complexity index is 823. The van der Waals surface area contributed by atoms with Gasteiger partial charge in [0.2, 0.25) is 11.8 Å². The number of nitrogens with one attached hydrogen (secondary N) is 1. The summed E-state index contributed by atoms with van der Waals surface area (Å²) in [5.41, 5.74) is 1.80. The van der Waals surface area contributed by atoms with Gasteiger partial charge in [0.25, 0.3) is 5.22 Å². The Morgan fingerprint density at radius 3 is 2.75 bits per heavy atom. The first-order valence-corrected chi connectivity index (χ1v) is 8.60. The van der Waals surface area contributed by atoms with Gasteiger partial charge >= 0.3 is 0 Å². The molecule has 1 amide bonds. The fourth-order valence-electron chi connectivity index (χ4n) is 1.98. The van der Waals surface area contributed by atoms with Crippen molar-refractivity contribution in [3.63, 3.8) is 0 Å². The first-order valence-electron chi connectivity index (χ1n) is 7.23. The number of thioether (sulfide) groups is 1. The third-order valence-electron chi connectivity index (χ3n) is 3.14. The van der Waals surface area contributed by atoms with Crippen molar-refractivity contribution in [1.82, 2.24) is 15.5 Å². The van der Waals surface area contributed by atoms with Crippen LogP contribution in [0.15, 0.2) is 64.2 Å². The molecule has 0 aliphatic heterocycles. The van der Waals surface area contributed by atoms with Gasteiger partial charge in [-0.1, -0.05) is 59.8 Å². The van der Waals surface area contributed by atoms with Gasteiger partial charge in [-0.3, -0.25) is 4.79 Å². The molecule has 0 atom stereocenters. The predicted molar refractivity (Wildman–Crippen MR) is 93.8 cm³/mol. The van der Waals surface area contributed by atoms with Crippen LogP contribution in [-0.2, 0) is 11.3 Å². The second-order valence-corrected chi connectivity index (χ2v) is 6.30. The van der Waals surface area contributed by atoms with Crippen LogP contribution in [0.3, 0.4) is 0 Å². The fourth-order valence-corrected chi connectivity index (χ4v) is 2.76. The molecule has 3 aromatic rings. The zero-order chi connectivity index (χ0) is 16.8. The molecular formula is C17H14ClN3O2S. The SMILES string of the molecule is O=C(CSc1nnc(-c2cccc(Cl)c2)o1)NCc1ccccc1. The molecule has 7 heteroatoms. The van der Waals surface area contributed by atoms with E-state index >= 15 is 0 Å². The number of aromatic nitrogens is 2. The molecule has 0 bridgehead atoms. The van der Waals surface area contributed by atoms with Crippen molar-refractivity contribution in [1.29, 1.82) is 0 Å². The Kier molecular flexibility index (Phi) is 5.51. The van der Waals surface area contributed by atoms with E-state index in [9.17, 15) is 4.79 Å². The summed E-state index contributed by atoms with van der Waals surface area (Å²) >= 11 is 7.14. The van der Waals surface area contributed by atoms with Gasteiger partial charge in [0.1, 0.15) is 0 Å². The number of hydrogen-bond donors (Lipinski definition) is 1. The van der Waals surface area contributed by atoms with Gasteiger partial charge < -0.3 is 9.73 Å². The summed E-state index contributed by atoms with van der Waals surface area (Å²) in [5.74, 6) is 0.500. The van der Waals surface area contributed by atoms with E-state index in [0.717, 1.165) is 11.1 Å². The molecule has 0 radical (unpaired) electrons. The molecule has 2 aromatic carbocycles. The molecule has 0 aliphatic rings. The van der Waals surface area contributed by atoms with E-state index in [4.69, 9.17) is 16.0 Å². The van der Waals surface area contributed by atoms with Gasteiger partial charge in [-0.25, -0.2) is 0 Å². The highest BCUT2D eigenvalue weighted by Gasteiger charge is 2.11. The predicted octanol–water partition coefficient (Wildman–Crippen LogP) is 3.80. The maximum Gasteiger partial charge on any atom is 0.277 e. The third kappa shape index (κ3) is 4.59. The minimum absolute atomic E-state index is 0.0913. The minimum Gasteiger partial charge on any atom is -0.411 e. The van der Waals surface area contributed by atoms with E-state index < -0.39 is 0 Å². The molecule has 0 unspecified atom stereocenters. The molecule has 1 heterocycles. The zero-order valence-electron chi connectivity index (χ0n) is 12.6. The van der Waals surface area contributed by atoms with Crippen LogP contribution in [0, 0.1) is 0 Å². The highest BCUT2D eigenvalue weighted by Crippen LogP contribution is 2.24. The van der Waals surface area contributed by atoms with Crippen molar-refractivity contribution in [2.75, 3.05) is 5.75 Å². The molecule has 5 nitrogen and oxygen atoms in total. The standard InChI is InChI=1S/C17H14ClN3O2S/c18-14-8-4-7-13(9-14)16-20-21-17(23-16)24-11-15(22)19-10-12-5-2-1-3-6-12/h1-9H,10-11H2,(H,19,22). The van der Waals surface area contributed by atoms with Crippen molar-refractivity contribution in [3.8, 4) is 11.5 Å². The lowest BCUT2D eigenvalue weighted by molar-refractivity contribution is -0.118. The fraction of sp³-hybridized carbons (Fsp3) is 0.118. The van der Waals surface area contributed by atoms with Gasteiger partial charge in [0.05, 0.1) is 5.75 Å². The first-order chi connectivity index (χ1) is 11.7. The average molecular weight is 360 g/mol. The molecule has 122 valence electrons. The number of nitrogens with zero attached hydrogens (tertiary/aromatic N) is 2. The van der Waals surface area contributed by atoms with Crippen molar-refractivity contribution in [3.05, 3.63) is 65.2 Å². The van der Waals surface area contributed by atoms with E-state index in [1.54, 1.807) is 12.1 Å². The highest BCUT2D eigenvalue weighted by atomic mass is 35.5. The topological polar surface area (TPSA) is 68.0 Å². The highest BCUT2D eigenvalue weighted by molar-refractivity contribution is 7.99. The van der Waals surface area contributed by atoms with Crippen molar-refractivity contribution in [2.45, 2.75) is 11.8 Å². The second kappa shape index (κ2) is 7.99. The van der Waals surface area contributed by atoms with Crippen LogP contribution in [0.25, 0.3) is 11.5 Å². The third-order valence-corrected chi connectivity index (χ3v) is 4.19. The lowest BCUT2D eigenvalue weighted by atomic mass is 10.2. The van der Waals surface area contributed by atoms with Gasteiger partial charge in [0.15, 0.2) is 0 Å². The van der Waals surface area contributed by atoms with Crippen LogP contribution in [0.5, 0.6) is 0 Å². The average Bonchev–Trinajstić information content (AvgIpc) is 3.08. The van der Waals surface area contributed by atoms with Gasteiger partial charge in [-0.15, -0.1) is 10.2 Å². The lowest BCUT2D eigenvalue weighted by Crippen LogP contribution is -2.24. The Balaban J connectivity index is 1.51. The minimum atomic E-state index is -0.0913. The van der Waals surface area contributed by atoms with E-state index in [-0.39, 0.29) is 11.7 Å². The molecule has 0 fully saturated rings. The molecule has 0 aliphatic carbocycles. The van der Waals surface area contributed by atoms with Crippen LogP contribution >= 0.6 is 23.4 Å². The maximum atomic E-state index is 11.9. The van der Waals surface area contributed by atoms with Crippen molar-refractivity contribution < 1.29 is 9.21 Å². The summed E-state index contributed by atoms with van der Waals surface area (Å²) in [6, 6.07) is 16.9. The Morgan fingerprint density at radius 1 is 1.12 bits per heavy atom. The lowest BCUT2D eigenvalue weighted by Gasteiger charge is -2.03. The van der Waals surface area contributed by atoms with Gasteiger partial charge in [0, 0.05) is 17.1 Å². The molecule has 0 spiro atoms. The summed E-state index contributed by atoms with van der Waals surface area (Å²) in [6.07, 6.45) is 0. The van der Waals surface area contributed by atoms with Crippen molar-refractivity contribution in [2.24, 2.45) is 0 Å². The Labute approximate surface area is 148 Å². The Morgan fingerprint density at radius 2 is 1.96 bits per heavy atom. The molecule has 0 saturated heterocycles. The van der Waals surface area contributed by atoms with E-state index in [2.05, 4.69) is 15.5 Å². The second-order valence-electron chi connectivity index (χ2n) is 4.93. The number of halogens is 1. The number of benzene rings is 2. The summed E-state index contributed by atoms with van der Waals surface area (Å²) in [6.45, 7) is 0.498. The molecule has 24 heavy (non-hydrogen) atoms. The number of carbonyl (C=O) groups is 1. The van der Waals surface area contributed by atoms with Gasteiger partial charge in [-0.05, 0) is 23.8 Å². The number of amides is 1. The van der Waals surface area contributed by atoms with Crippen molar-refractivity contribution >= 4 is 29.3 Å². The number of carbonyl (C=O) groups excluding carboxylic acids is 1. The van der Waals surface area contributed by atoms with E-state index in [0.29, 0.717) is 22.7 Å². The molecule has 3 rings (SSSR count). The molecule has 1 aromatic heterocycles. The summed E-state index contributed by atoms with van der Waals surface area (Å²) in [7, 11) is 0.